The van der Waals surface area contributed by atoms with Crippen molar-refractivity contribution in [1.29, 1.82) is 0 Å². The number of para-hydroxylation sites is 1. The molecule has 0 saturated heterocycles. The van der Waals surface area contributed by atoms with Gasteiger partial charge in [-0.05, 0) is 37.1 Å². The van der Waals surface area contributed by atoms with Crippen molar-refractivity contribution in [3.63, 3.8) is 0 Å². The molecule has 0 saturated carbocycles. The Bertz CT molecular complexity index is 749. The normalized spacial score (nSPS) is 10.6. The molecule has 0 atom stereocenters. The Balaban J connectivity index is 1.74. The summed E-state index contributed by atoms with van der Waals surface area (Å²) in [5.74, 6) is 1.14. The summed E-state index contributed by atoms with van der Waals surface area (Å²) in [7, 11) is 0. The van der Waals surface area contributed by atoms with E-state index >= 15 is 0 Å². The number of aryl methyl sites for hydroxylation is 2. The van der Waals surface area contributed by atoms with E-state index in [-0.39, 0.29) is 0 Å². The van der Waals surface area contributed by atoms with E-state index in [9.17, 15) is 0 Å². The lowest BCUT2D eigenvalue weighted by Crippen LogP contribution is -2.00. The number of hydrogen-bond acceptors (Lipinski definition) is 4. The van der Waals surface area contributed by atoms with Gasteiger partial charge < -0.3 is 9.73 Å². The minimum Gasteiger partial charge on any atom is -0.419 e. The number of nitrogens with zero attached hydrogens (tertiary/aromatic N) is 2. The van der Waals surface area contributed by atoms with Gasteiger partial charge >= 0.3 is 0 Å². The Morgan fingerprint density at radius 2 is 1.62 bits per heavy atom. The minimum absolute atomic E-state index is 0.518. The maximum atomic E-state index is 5.73. The lowest BCUT2D eigenvalue weighted by atomic mass is 10.1. The van der Waals surface area contributed by atoms with Gasteiger partial charge in [-0.15, -0.1) is 10.2 Å². The zero-order chi connectivity index (χ0) is 14.7. The van der Waals surface area contributed by atoms with Crippen LogP contribution in [0.25, 0.3) is 11.5 Å². The molecule has 3 rings (SSSR count). The number of benzene rings is 2. The van der Waals surface area contributed by atoms with Crippen molar-refractivity contribution in [3.8, 4) is 11.5 Å². The summed E-state index contributed by atoms with van der Waals surface area (Å²) in [5.41, 5.74) is 4.37. The van der Waals surface area contributed by atoms with Crippen molar-refractivity contribution in [1.82, 2.24) is 10.2 Å². The SMILES string of the molecule is Cc1ccccc1NCc1nnc(-c2ccccc2C)o1. The van der Waals surface area contributed by atoms with Gasteiger partial charge in [0.1, 0.15) is 0 Å². The van der Waals surface area contributed by atoms with E-state index in [1.807, 2.05) is 49.4 Å². The number of hydrogen-bond donors (Lipinski definition) is 1. The van der Waals surface area contributed by atoms with Crippen LogP contribution in [-0.2, 0) is 6.54 Å². The quantitative estimate of drug-likeness (QED) is 0.785. The molecular weight excluding hydrogens is 262 g/mol. The van der Waals surface area contributed by atoms with Gasteiger partial charge in [0.25, 0.3) is 0 Å². The lowest BCUT2D eigenvalue weighted by Gasteiger charge is -2.06. The molecule has 0 aliphatic rings. The van der Waals surface area contributed by atoms with E-state index in [0.29, 0.717) is 18.3 Å². The molecule has 4 heteroatoms. The van der Waals surface area contributed by atoms with Crippen LogP contribution in [-0.4, -0.2) is 10.2 Å². The van der Waals surface area contributed by atoms with Crippen LogP contribution in [0.3, 0.4) is 0 Å². The van der Waals surface area contributed by atoms with Crippen LogP contribution in [0, 0.1) is 13.8 Å². The van der Waals surface area contributed by atoms with Gasteiger partial charge in [-0.3, -0.25) is 0 Å². The van der Waals surface area contributed by atoms with Gasteiger partial charge in [0.05, 0.1) is 6.54 Å². The maximum absolute atomic E-state index is 5.73. The highest BCUT2D eigenvalue weighted by molar-refractivity contribution is 5.57. The van der Waals surface area contributed by atoms with Gasteiger partial charge in [-0.2, -0.15) is 0 Å². The van der Waals surface area contributed by atoms with Crippen molar-refractivity contribution in [2.24, 2.45) is 0 Å². The average Bonchev–Trinajstić information content (AvgIpc) is 2.96. The second-order valence-corrected chi connectivity index (χ2v) is 4.98. The second-order valence-electron chi connectivity index (χ2n) is 4.98. The standard InChI is InChI=1S/C17H17N3O/c1-12-7-3-5-9-14(12)17-20-19-16(21-17)11-18-15-10-6-4-8-13(15)2/h3-10,18H,11H2,1-2H3. The monoisotopic (exact) mass is 279 g/mol. The summed E-state index contributed by atoms with van der Waals surface area (Å²) >= 11 is 0. The topological polar surface area (TPSA) is 51.0 Å². The van der Waals surface area contributed by atoms with E-state index in [0.717, 1.165) is 16.8 Å². The Kier molecular flexibility index (Phi) is 3.69. The fourth-order valence-corrected chi connectivity index (χ4v) is 2.19. The zero-order valence-electron chi connectivity index (χ0n) is 12.1. The van der Waals surface area contributed by atoms with Crippen LogP contribution in [0.15, 0.2) is 52.9 Å². The largest absolute Gasteiger partial charge is 0.419 e. The van der Waals surface area contributed by atoms with E-state index in [4.69, 9.17) is 4.42 Å². The second kappa shape index (κ2) is 5.79. The van der Waals surface area contributed by atoms with E-state index < -0.39 is 0 Å². The predicted molar refractivity (Wildman–Crippen MR) is 83.0 cm³/mol. The minimum atomic E-state index is 0.518. The number of anilines is 1. The molecule has 3 aromatic rings. The smallest absolute Gasteiger partial charge is 0.248 e. The number of rotatable bonds is 4. The van der Waals surface area contributed by atoms with E-state index in [1.54, 1.807) is 0 Å². The first kappa shape index (κ1) is 13.4. The summed E-state index contributed by atoms with van der Waals surface area (Å²) in [6.45, 7) is 4.61. The van der Waals surface area contributed by atoms with Crippen LogP contribution >= 0.6 is 0 Å². The maximum Gasteiger partial charge on any atom is 0.248 e. The lowest BCUT2D eigenvalue weighted by molar-refractivity contribution is 0.514. The fourth-order valence-electron chi connectivity index (χ4n) is 2.19. The first-order chi connectivity index (χ1) is 10.2. The number of aromatic nitrogens is 2. The van der Waals surface area contributed by atoms with Crippen molar-refractivity contribution >= 4 is 5.69 Å². The molecule has 4 nitrogen and oxygen atoms in total. The van der Waals surface area contributed by atoms with Crippen molar-refractivity contribution in [3.05, 3.63) is 65.5 Å². The Labute approximate surface area is 123 Å². The molecule has 0 spiro atoms. The van der Waals surface area contributed by atoms with Crippen molar-refractivity contribution < 1.29 is 4.42 Å². The molecule has 1 heterocycles. The Hall–Kier alpha value is -2.62. The summed E-state index contributed by atoms with van der Waals surface area (Å²) in [6.07, 6.45) is 0. The molecule has 1 aromatic heterocycles. The van der Waals surface area contributed by atoms with Gasteiger partial charge in [0.2, 0.25) is 11.8 Å². The van der Waals surface area contributed by atoms with Gasteiger partial charge in [0.15, 0.2) is 0 Å². The van der Waals surface area contributed by atoms with Gasteiger partial charge in [-0.25, -0.2) is 0 Å². The summed E-state index contributed by atoms with van der Waals surface area (Å²) < 4.78 is 5.73. The average molecular weight is 279 g/mol. The summed E-state index contributed by atoms with van der Waals surface area (Å²) in [5, 5.41) is 11.5. The molecular formula is C17H17N3O. The zero-order valence-corrected chi connectivity index (χ0v) is 12.1. The highest BCUT2D eigenvalue weighted by atomic mass is 16.4. The fraction of sp³-hybridized carbons (Fsp3) is 0.176. The molecule has 21 heavy (non-hydrogen) atoms. The highest BCUT2D eigenvalue weighted by Crippen LogP contribution is 2.22. The van der Waals surface area contributed by atoms with Crippen LogP contribution in [0.5, 0.6) is 0 Å². The highest BCUT2D eigenvalue weighted by Gasteiger charge is 2.10. The van der Waals surface area contributed by atoms with Crippen LogP contribution in [0.4, 0.5) is 5.69 Å². The third-order valence-corrected chi connectivity index (χ3v) is 3.42. The first-order valence-corrected chi connectivity index (χ1v) is 6.92. The molecule has 1 N–H and O–H groups in total. The Morgan fingerprint density at radius 3 is 2.38 bits per heavy atom. The predicted octanol–water partition coefficient (Wildman–Crippen LogP) is 3.97. The molecule has 0 amide bonds. The van der Waals surface area contributed by atoms with E-state index in [1.165, 1.54) is 5.56 Å². The molecule has 0 bridgehead atoms. The summed E-state index contributed by atoms with van der Waals surface area (Å²) in [4.78, 5) is 0. The third kappa shape index (κ3) is 2.94. The third-order valence-electron chi connectivity index (χ3n) is 3.42. The summed E-state index contributed by atoms with van der Waals surface area (Å²) in [6, 6.07) is 16.1. The molecule has 0 radical (unpaired) electrons. The molecule has 2 aromatic carbocycles. The number of nitrogens with one attached hydrogen (secondary N) is 1. The van der Waals surface area contributed by atoms with E-state index in [2.05, 4.69) is 28.5 Å². The molecule has 0 unspecified atom stereocenters. The molecule has 0 aliphatic carbocycles. The molecule has 106 valence electrons. The van der Waals surface area contributed by atoms with Crippen LogP contribution in [0.2, 0.25) is 0 Å². The van der Waals surface area contributed by atoms with Crippen molar-refractivity contribution in [2.75, 3.05) is 5.32 Å². The van der Waals surface area contributed by atoms with Gasteiger partial charge in [-0.1, -0.05) is 36.4 Å². The Morgan fingerprint density at radius 1 is 0.905 bits per heavy atom. The first-order valence-electron chi connectivity index (χ1n) is 6.92. The van der Waals surface area contributed by atoms with Crippen LogP contribution < -0.4 is 5.32 Å². The van der Waals surface area contributed by atoms with Crippen molar-refractivity contribution in [2.45, 2.75) is 20.4 Å². The van der Waals surface area contributed by atoms with Gasteiger partial charge in [0, 0.05) is 11.3 Å². The molecule has 0 fully saturated rings. The van der Waals surface area contributed by atoms with Crippen LogP contribution in [0.1, 0.15) is 17.0 Å². The molecule has 0 aliphatic heterocycles.